The third-order valence-electron chi connectivity index (χ3n) is 15.5. The summed E-state index contributed by atoms with van der Waals surface area (Å²) in [4.78, 5) is 127. The average Bonchev–Trinajstić information content (AvgIpc) is 2.69. The number of nitro groups is 2. The van der Waals surface area contributed by atoms with Crippen LogP contribution >= 0.6 is 0 Å². The number of methoxy groups -OCH3 is 1. The number of unbranched alkanes of at least 4 members (excludes halogenated alkanes) is 6. The SMILES string of the molecule is CCCCCCCCC[C@](C(=O)O)(N(CC(N)C(N)c1ccc([N+](=O)[O-])cc1[N+](=O)[O-])C(=O)[C@H](CCCNC(=N)N)NC(=O)[C@H](C)NC(=O)[C@H](CC(C)C)NC(=O)[C@@H]1CCCN1)C(CCNC(=N)N)(C(C)=O)c1cc(=O)oc2cc(OC)ccc12. The summed E-state index contributed by atoms with van der Waals surface area (Å²) in [6.07, 6.45) is 3.98. The molecule has 85 heavy (non-hydrogen) atoms. The molecule has 3 aromatic rings. The molecule has 1 aromatic heterocycles. The van der Waals surface area contributed by atoms with Crippen LogP contribution < -0.4 is 65.2 Å². The predicted molar refractivity (Wildman–Crippen MR) is 316 cm³/mol. The number of hydrogen-bond acceptors (Lipinski definition) is 18. The number of nitrogens with zero attached hydrogens (tertiary/aromatic N) is 3. The van der Waals surface area contributed by atoms with Gasteiger partial charge in [0.05, 0.1) is 40.5 Å². The van der Waals surface area contributed by atoms with Gasteiger partial charge >= 0.3 is 11.6 Å². The Morgan fingerprint density at radius 1 is 0.859 bits per heavy atom. The van der Waals surface area contributed by atoms with E-state index in [4.69, 9.17) is 42.9 Å². The number of nitro benzene ring substituents is 2. The highest BCUT2D eigenvalue weighted by Crippen LogP contribution is 2.50. The largest absolute Gasteiger partial charge is 0.497 e. The topological polar surface area (TPSA) is 476 Å². The summed E-state index contributed by atoms with van der Waals surface area (Å²) in [6, 6.07) is -0.696. The maximum Gasteiger partial charge on any atom is 0.336 e. The van der Waals surface area contributed by atoms with E-state index in [-0.39, 0.29) is 66.0 Å². The minimum atomic E-state index is -2.95. The Balaban J connectivity index is 2.14. The number of carboxylic acids is 1. The maximum atomic E-state index is 16.5. The van der Waals surface area contributed by atoms with E-state index < -0.39 is 147 Å². The molecule has 3 unspecified atom stereocenters. The zero-order valence-corrected chi connectivity index (χ0v) is 49.2. The standard InChI is InChI=1S/C56H85N15O14/c1-7-8-9-10-11-12-13-22-56(52(78)79,55(34(5)72,23-26-65-54(61)62)39-30-46(73)85-45-29-36(84-6)19-21-37(39)45)69(31-40(57)47(58)38-20-18-35(70(80)81)28-44(38)71(82)83)51(77)42(17-15-25-64-53(59)60)67-48(74)33(4)66-50(76)43(27-32(2)3)68-49(75)41-16-14-24-63-41/h18-21,28-30,32-33,40-43,47,63H,7-17,22-27,31,57-58H2,1-6H3,(H,66,76)(H,67,74)(H,68,75)(H,78,79)(H4,59,60,64)(H4,61,62,65)/t33-,40?,41-,42-,43-,47?,55?,56+/m0/s1. The van der Waals surface area contributed by atoms with Crippen molar-refractivity contribution in [3.8, 4) is 5.75 Å². The lowest BCUT2D eigenvalue weighted by Crippen LogP contribution is -2.74. The number of Topliss-reactive ketones (excluding diaryl/α,β-unsaturated/α-hetero) is 1. The lowest BCUT2D eigenvalue weighted by molar-refractivity contribution is -0.394. The molecule has 0 bridgehead atoms. The van der Waals surface area contributed by atoms with E-state index in [9.17, 15) is 44.5 Å². The summed E-state index contributed by atoms with van der Waals surface area (Å²) < 4.78 is 11.1. The molecular formula is C56H85N15O14. The number of rotatable bonds is 36. The molecule has 1 aliphatic rings. The van der Waals surface area contributed by atoms with Crippen molar-refractivity contribution in [1.29, 1.82) is 10.8 Å². The Bertz CT molecular complexity index is 2950. The zero-order chi connectivity index (χ0) is 63.3. The summed E-state index contributed by atoms with van der Waals surface area (Å²) in [5.41, 5.74) is 16.3. The van der Waals surface area contributed by atoms with Crippen LogP contribution in [0.1, 0.15) is 142 Å². The summed E-state index contributed by atoms with van der Waals surface area (Å²) >= 11 is 0. The van der Waals surface area contributed by atoms with E-state index in [1.807, 2.05) is 20.8 Å². The molecule has 468 valence electrons. The average molecular weight is 1190 g/mol. The minimum Gasteiger partial charge on any atom is -0.497 e. The molecule has 1 fully saturated rings. The molecule has 2 heterocycles. The second kappa shape index (κ2) is 32.1. The molecule has 4 rings (SSSR count). The van der Waals surface area contributed by atoms with Gasteiger partial charge in [-0.3, -0.25) is 55.0 Å². The summed E-state index contributed by atoms with van der Waals surface area (Å²) in [7, 11) is 1.34. The molecule has 2 aromatic carbocycles. The first-order valence-corrected chi connectivity index (χ1v) is 28.6. The number of hydrogen-bond donors (Lipinski definition) is 13. The third kappa shape index (κ3) is 17.9. The number of aliphatic carboxylic acids is 1. The van der Waals surface area contributed by atoms with E-state index >= 15 is 14.4 Å². The van der Waals surface area contributed by atoms with E-state index in [2.05, 4.69) is 31.9 Å². The first-order chi connectivity index (χ1) is 40.2. The number of nitrogens with two attached hydrogens (primary N) is 4. The van der Waals surface area contributed by atoms with Crippen molar-refractivity contribution in [2.45, 2.75) is 172 Å². The van der Waals surface area contributed by atoms with Crippen molar-refractivity contribution in [1.82, 2.24) is 36.8 Å². The summed E-state index contributed by atoms with van der Waals surface area (Å²) in [6.45, 7) is 7.14. The first kappa shape index (κ1) is 69.2. The van der Waals surface area contributed by atoms with Gasteiger partial charge in [-0.2, -0.15) is 0 Å². The van der Waals surface area contributed by atoms with Crippen LogP contribution in [0.5, 0.6) is 5.75 Å². The monoisotopic (exact) mass is 1190 g/mol. The smallest absolute Gasteiger partial charge is 0.336 e. The molecule has 4 amide bonds. The fourth-order valence-electron chi connectivity index (χ4n) is 11.2. The number of non-ortho nitro benzene ring substituents is 1. The van der Waals surface area contributed by atoms with Gasteiger partial charge in [0.1, 0.15) is 35.2 Å². The molecule has 0 aliphatic carbocycles. The van der Waals surface area contributed by atoms with Crippen molar-refractivity contribution in [3.05, 3.63) is 84.2 Å². The number of nitrogens with one attached hydrogen (secondary N) is 8. The molecule has 0 radical (unpaired) electrons. The number of guanidine groups is 2. The fourth-order valence-corrected chi connectivity index (χ4v) is 11.2. The maximum absolute atomic E-state index is 16.5. The number of fused-ring (bicyclic) bond motifs is 1. The normalized spacial score (nSPS) is 16.3. The van der Waals surface area contributed by atoms with E-state index in [1.165, 1.54) is 32.2 Å². The van der Waals surface area contributed by atoms with Crippen molar-refractivity contribution in [2.24, 2.45) is 28.9 Å². The highest BCUT2D eigenvalue weighted by atomic mass is 16.6. The number of ketones is 1. The molecule has 8 atom stereocenters. The van der Waals surface area contributed by atoms with Gasteiger partial charge < -0.3 is 74.0 Å². The van der Waals surface area contributed by atoms with Crippen molar-refractivity contribution in [2.75, 3.05) is 33.3 Å². The van der Waals surface area contributed by atoms with Gasteiger partial charge in [0.15, 0.2) is 17.5 Å². The van der Waals surface area contributed by atoms with Crippen molar-refractivity contribution < 1.29 is 52.9 Å². The van der Waals surface area contributed by atoms with Crippen LogP contribution in [0.15, 0.2) is 51.7 Å². The number of ether oxygens (including phenoxy) is 1. The van der Waals surface area contributed by atoms with Gasteiger partial charge in [0, 0.05) is 54.8 Å². The summed E-state index contributed by atoms with van der Waals surface area (Å²) in [5.74, 6) is -7.13. The Hall–Kier alpha value is -8.31. The molecule has 29 nitrogen and oxygen atoms in total. The third-order valence-corrected chi connectivity index (χ3v) is 15.5. The Kier molecular flexibility index (Phi) is 26.1. The zero-order valence-electron chi connectivity index (χ0n) is 49.2. The number of carbonyl (C=O) groups excluding carboxylic acids is 5. The molecular weight excluding hydrogens is 1110 g/mol. The molecule has 0 spiro atoms. The van der Waals surface area contributed by atoms with Crippen LogP contribution in [-0.2, 0) is 34.2 Å². The number of amides is 4. The fraction of sp³-hybridized carbons (Fsp3) is 0.589. The van der Waals surface area contributed by atoms with Crippen LogP contribution in [0.4, 0.5) is 11.4 Å². The molecule has 17 N–H and O–H groups in total. The molecule has 1 saturated heterocycles. The van der Waals surface area contributed by atoms with Crippen LogP contribution in [0, 0.1) is 37.0 Å². The second-order valence-electron chi connectivity index (χ2n) is 21.9. The van der Waals surface area contributed by atoms with Crippen molar-refractivity contribution in [3.63, 3.8) is 0 Å². The van der Waals surface area contributed by atoms with E-state index in [0.717, 1.165) is 62.1 Å². The molecule has 1 aliphatic heterocycles. The van der Waals surface area contributed by atoms with Gasteiger partial charge in [-0.05, 0) is 95.0 Å². The van der Waals surface area contributed by atoms with Gasteiger partial charge in [-0.15, -0.1) is 0 Å². The van der Waals surface area contributed by atoms with Gasteiger partial charge in [-0.25, -0.2) is 9.59 Å². The van der Waals surface area contributed by atoms with Gasteiger partial charge in [-0.1, -0.05) is 65.7 Å². The van der Waals surface area contributed by atoms with Crippen LogP contribution in [0.25, 0.3) is 11.0 Å². The lowest BCUT2D eigenvalue weighted by atomic mass is 9.57. The Morgan fingerprint density at radius 3 is 2.09 bits per heavy atom. The van der Waals surface area contributed by atoms with E-state index in [1.54, 1.807) is 0 Å². The van der Waals surface area contributed by atoms with Crippen molar-refractivity contribution >= 4 is 69.6 Å². The number of carboxylic acid groups (broad SMARTS) is 1. The van der Waals surface area contributed by atoms with Crippen LogP contribution in [0.2, 0.25) is 0 Å². The van der Waals surface area contributed by atoms with Gasteiger partial charge in [0.2, 0.25) is 23.6 Å². The minimum absolute atomic E-state index is 0.00899. The predicted octanol–water partition coefficient (Wildman–Crippen LogP) is 2.67. The quantitative estimate of drug-likeness (QED) is 0.00994. The number of benzene rings is 2. The van der Waals surface area contributed by atoms with E-state index in [0.29, 0.717) is 31.9 Å². The Morgan fingerprint density at radius 2 is 1.52 bits per heavy atom. The highest BCUT2D eigenvalue weighted by Gasteiger charge is 2.65. The Labute approximate surface area is 492 Å². The molecule has 0 saturated carbocycles. The number of carbonyl (C=O) groups is 6. The molecule has 29 heteroatoms. The first-order valence-electron chi connectivity index (χ1n) is 28.6. The summed E-state index contributed by atoms with van der Waals surface area (Å²) in [5, 5.41) is 69.4. The van der Waals surface area contributed by atoms with Crippen LogP contribution in [-0.4, -0.2) is 136 Å². The second-order valence-corrected chi connectivity index (χ2v) is 21.9. The van der Waals surface area contributed by atoms with Crippen LogP contribution in [0.3, 0.4) is 0 Å². The highest BCUT2D eigenvalue weighted by molar-refractivity contribution is 6.04. The lowest BCUT2D eigenvalue weighted by Gasteiger charge is -2.54. The van der Waals surface area contributed by atoms with Gasteiger partial charge in [0.25, 0.3) is 11.4 Å².